The minimum atomic E-state index is -0.146. The standard InChI is InChI=1S/C12H26N2O/c1-11(15)6-4-8-13(2)10-12-7-5-9-14(12)3/h11-12,15H,4-10H2,1-3H3. The van der Waals surface area contributed by atoms with E-state index in [1.54, 1.807) is 0 Å². The van der Waals surface area contributed by atoms with Gasteiger partial charge in [0.1, 0.15) is 0 Å². The maximum atomic E-state index is 9.16. The number of rotatable bonds is 6. The van der Waals surface area contributed by atoms with E-state index in [4.69, 9.17) is 5.11 Å². The van der Waals surface area contributed by atoms with E-state index in [0.717, 1.165) is 25.4 Å². The summed E-state index contributed by atoms with van der Waals surface area (Å²) >= 11 is 0. The van der Waals surface area contributed by atoms with Crippen LogP contribution >= 0.6 is 0 Å². The SMILES string of the molecule is CC(O)CCCN(C)CC1CCCN1C. The molecule has 0 aromatic rings. The fourth-order valence-corrected chi connectivity index (χ4v) is 2.32. The Hall–Kier alpha value is -0.120. The highest BCUT2D eigenvalue weighted by Crippen LogP contribution is 2.15. The zero-order valence-corrected chi connectivity index (χ0v) is 10.4. The maximum absolute atomic E-state index is 9.16. The largest absolute Gasteiger partial charge is 0.393 e. The molecule has 1 heterocycles. The molecule has 0 amide bonds. The van der Waals surface area contributed by atoms with Gasteiger partial charge in [-0.05, 0) is 59.8 Å². The lowest BCUT2D eigenvalue weighted by molar-refractivity contribution is 0.168. The number of hydrogen-bond donors (Lipinski definition) is 1. The molecule has 1 rings (SSSR count). The van der Waals surface area contributed by atoms with Gasteiger partial charge in [-0.1, -0.05) is 0 Å². The zero-order valence-electron chi connectivity index (χ0n) is 10.4. The van der Waals surface area contributed by atoms with Crippen LogP contribution in [0.4, 0.5) is 0 Å². The Labute approximate surface area is 94.1 Å². The van der Waals surface area contributed by atoms with Crippen molar-refractivity contribution in [1.29, 1.82) is 0 Å². The summed E-state index contributed by atoms with van der Waals surface area (Å²) in [5.41, 5.74) is 0. The zero-order chi connectivity index (χ0) is 11.3. The topological polar surface area (TPSA) is 26.7 Å². The van der Waals surface area contributed by atoms with Gasteiger partial charge in [-0.15, -0.1) is 0 Å². The summed E-state index contributed by atoms with van der Waals surface area (Å²) in [5, 5.41) is 9.16. The number of likely N-dealkylation sites (N-methyl/N-ethyl adjacent to an activating group) is 2. The van der Waals surface area contributed by atoms with Gasteiger partial charge >= 0.3 is 0 Å². The fourth-order valence-electron chi connectivity index (χ4n) is 2.32. The first-order chi connectivity index (χ1) is 7.09. The Balaban J connectivity index is 2.09. The van der Waals surface area contributed by atoms with Crippen molar-refractivity contribution in [2.45, 2.75) is 44.8 Å². The van der Waals surface area contributed by atoms with Gasteiger partial charge < -0.3 is 14.9 Å². The predicted molar refractivity (Wildman–Crippen MR) is 64.1 cm³/mol. The average Bonchev–Trinajstić information content (AvgIpc) is 2.51. The third-order valence-electron chi connectivity index (χ3n) is 3.36. The molecular formula is C12H26N2O. The Morgan fingerprint density at radius 2 is 2.27 bits per heavy atom. The summed E-state index contributed by atoms with van der Waals surface area (Å²) in [6.07, 6.45) is 4.57. The summed E-state index contributed by atoms with van der Waals surface area (Å²) < 4.78 is 0. The lowest BCUT2D eigenvalue weighted by atomic mass is 10.2. The van der Waals surface area contributed by atoms with Gasteiger partial charge in [0.15, 0.2) is 0 Å². The predicted octanol–water partition coefficient (Wildman–Crippen LogP) is 1.17. The average molecular weight is 214 g/mol. The molecule has 0 spiro atoms. The van der Waals surface area contributed by atoms with Crippen LogP contribution in [0.15, 0.2) is 0 Å². The van der Waals surface area contributed by atoms with Gasteiger partial charge in [0.25, 0.3) is 0 Å². The number of likely N-dealkylation sites (tertiary alicyclic amines) is 1. The normalized spacial score (nSPS) is 25.0. The quantitative estimate of drug-likeness (QED) is 0.719. The van der Waals surface area contributed by atoms with Crippen LogP contribution in [0, 0.1) is 0 Å². The highest BCUT2D eigenvalue weighted by atomic mass is 16.3. The van der Waals surface area contributed by atoms with E-state index in [1.807, 2.05) is 6.92 Å². The van der Waals surface area contributed by atoms with E-state index in [9.17, 15) is 0 Å². The van der Waals surface area contributed by atoms with Gasteiger partial charge in [-0.3, -0.25) is 0 Å². The second-order valence-corrected chi connectivity index (χ2v) is 5.03. The molecule has 0 aromatic carbocycles. The second-order valence-electron chi connectivity index (χ2n) is 5.03. The van der Waals surface area contributed by atoms with Crippen molar-refractivity contribution in [3.8, 4) is 0 Å². The van der Waals surface area contributed by atoms with Gasteiger partial charge in [-0.2, -0.15) is 0 Å². The molecule has 0 bridgehead atoms. The molecule has 3 nitrogen and oxygen atoms in total. The summed E-state index contributed by atoms with van der Waals surface area (Å²) in [5.74, 6) is 0. The molecule has 90 valence electrons. The number of aliphatic hydroxyl groups excluding tert-OH is 1. The van der Waals surface area contributed by atoms with E-state index >= 15 is 0 Å². The van der Waals surface area contributed by atoms with Crippen LogP contribution in [-0.4, -0.2) is 60.8 Å². The number of nitrogens with zero attached hydrogens (tertiary/aromatic N) is 2. The van der Waals surface area contributed by atoms with E-state index < -0.39 is 0 Å². The molecule has 1 saturated heterocycles. The van der Waals surface area contributed by atoms with Crippen molar-refractivity contribution in [3.63, 3.8) is 0 Å². The lowest BCUT2D eigenvalue weighted by Gasteiger charge is -2.25. The van der Waals surface area contributed by atoms with Crippen LogP contribution in [0.1, 0.15) is 32.6 Å². The molecule has 2 unspecified atom stereocenters. The monoisotopic (exact) mass is 214 g/mol. The molecule has 0 aliphatic carbocycles. The number of aliphatic hydroxyl groups is 1. The highest BCUT2D eigenvalue weighted by molar-refractivity contribution is 4.78. The molecule has 1 aliphatic heterocycles. The highest BCUT2D eigenvalue weighted by Gasteiger charge is 2.21. The minimum Gasteiger partial charge on any atom is -0.393 e. The molecule has 15 heavy (non-hydrogen) atoms. The van der Waals surface area contributed by atoms with Crippen LogP contribution < -0.4 is 0 Å². The molecule has 3 heteroatoms. The second kappa shape index (κ2) is 6.46. The number of hydrogen-bond acceptors (Lipinski definition) is 3. The third kappa shape index (κ3) is 4.96. The van der Waals surface area contributed by atoms with E-state index in [2.05, 4.69) is 23.9 Å². The van der Waals surface area contributed by atoms with E-state index in [-0.39, 0.29) is 6.10 Å². The van der Waals surface area contributed by atoms with Crippen LogP contribution in [0.2, 0.25) is 0 Å². The van der Waals surface area contributed by atoms with Crippen LogP contribution in [0.25, 0.3) is 0 Å². The fraction of sp³-hybridized carbons (Fsp3) is 1.00. The maximum Gasteiger partial charge on any atom is 0.0512 e. The first-order valence-corrected chi connectivity index (χ1v) is 6.16. The summed E-state index contributed by atoms with van der Waals surface area (Å²) in [6.45, 7) is 5.41. The molecule has 1 fully saturated rings. The lowest BCUT2D eigenvalue weighted by Crippen LogP contribution is -2.37. The third-order valence-corrected chi connectivity index (χ3v) is 3.36. The van der Waals surface area contributed by atoms with Crippen molar-refractivity contribution >= 4 is 0 Å². The Bertz CT molecular complexity index is 173. The summed E-state index contributed by atoms with van der Waals surface area (Å²) in [7, 11) is 4.41. The molecule has 1 aliphatic rings. The van der Waals surface area contributed by atoms with Crippen molar-refractivity contribution in [2.75, 3.05) is 33.7 Å². The van der Waals surface area contributed by atoms with Crippen LogP contribution in [0.3, 0.4) is 0 Å². The molecular weight excluding hydrogens is 188 g/mol. The molecule has 2 atom stereocenters. The van der Waals surface area contributed by atoms with Gasteiger partial charge in [0.05, 0.1) is 6.10 Å². The van der Waals surface area contributed by atoms with Crippen molar-refractivity contribution in [2.24, 2.45) is 0 Å². The molecule has 0 saturated carbocycles. The van der Waals surface area contributed by atoms with E-state index in [0.29, 0.717) is 0 Å². The van der Waals surface area contributed by atoms with Gasteiger partial charge in [0.2, 0.25) is 0 Å². The molecule has 1 N–H and O–H groups in total. The van der Waals surface area contributed by atoms with Gasteiger partial charge in [0, 0.05) is 12.6 Å². The molecule has 0 aromatic heterocycles. The Morgan fingerprint density at radius 1 is 1.53 bits per heavy atom. The van der Waals surface area contributed by atoms with Gasteiger partial charge in [-0.25, -0.2) is 0 Å². The first-order valence-electron chi connectivity index (χ1n) is 6.16. The Morgan fingerprint density at radius 3 is 2.80 bits per heavy atom. The van der Waals surface area contributed by atoms with E-state index in [1.165, 1.54) is 25.9 Å². The molecule has 0 radical (unpaired) electrons. The van der Waals surface area contributed by atoms with Crippen LogP contribution in [0.5, 0.6) is 0 Å². The first kappa shape index (κ1) is 12.9. The summed E-state index contributed by atoms with van der Waals surface area (Å²) in [4.78, 5) is 4.86. The minimum absolute atomic E-state index is 0.146. The summed E-state index contributed by atoms with van der Waals surface area (Å²) in [6, 6.07) is 0.751. The smallest absolute Gasteiger partial charge is 0.0512 e. The Kier molecular flexibility index (Phi) is 5.58. The van der Waals surface area contributed by atoms with Crippen molar-refractivity contribution < 1.29 is 5.11 Å². The van der Waals surface area contributed by atoms with Crippen LogP contribution in [-0.2, 0) is 0 Å². The van der Waals surface area contributed by atoms with Crippen molar-refractivity contribution in [3.05, 3.63) is 0 Å². The van der Waals surface area contributed by atoms with Crippen molar-refractivity contribution in [1.82, 2.24) is 9.80 Å².